The third-order valence-corrected chi connectivity index (χ3v) is 4.16. The molecule has 0 radical (unpaired) electrons. The Bertz CT molecular complexity index is 492. The molecule has 6 nitrogen and oxygen atoms in total. The second-order valence-electron chi connectivity index (χ2n) is 6.50. The molecule has 1 aromatic carbocycles. The number of carbonyl (C=O) groups excluding carboxylic acids is 1. The normalized spacial score (nSPS) is 15.8. The van der Waals surface area contributed by atoms with Gasteiger partial charge in [-0.3, -0.25) is 4.90 Å². The molecule has 1 aromatic rings. The van der Waals surface area contributed by atoms with Crippen molar-refractivity contribution in [2.75, 3.05) is 77.7 Å². The largest absolute Gasteiger partial charge is 0.378 e. The fourth-order valence-corrected chi connectivity index (χ4v) is 2.56. The number of rotatable bonds is 5. The molecule has 0 atom stereocenters. The number of hydrogen-bond donors (Lipinski definition) is 1. The topological polar surface area (TPSA) is 42.1 Å². The van der Waals surface area contributed by atoms with Crippen LogP contribution < -0.4 is 10.2 Å². The molecule has 1 fully saturated rings. The molecule has 0 aromatic heterocycles. The Balaban J connectivity index is 1.78. The lowest BCUT2D eigenvalue weighted by atomic mass is 10.2. The van der Waals surface area contributed by atoms with Gasteiger partial charge in [-0.2, -0.15) is 0 Å². The number of nitrogens with zero attached hydrogens (tertiary/aromatic N) is 4. The molecule has 0 saturated carbocycles. The summed E-state index contributed by atoms with van der Waals surface area (Å²) in [5.41, 5.74) is 1.97. The summed E-state index contributed by atoms with van der Waals surface area (Å²) >= 11 is 0. The maximum Gasteiger partial charge on any atom is 0.321 e. The molecule has 23 heavy (non-hydrogen) atoms. The van der Waals surface area contributed by atoms with E-state index in [-0.39, 0.29) is 6.03 Å². The average Bonchev–Trinajstić information content (AvgIpc) is 2.54. The van der Waals surface area contributed by atoms with Crippen LogP contribution in [0.25, 0.3) is 0 Å². The quantitative estimate of drug-likeness (QED) is 0.892. The number of nitrogens with one attached hydrogen (secondary N) is 1. The fraction of sp³-hybridized carbons (Fsp3) is 0.588. The van der Waals surface area contributed by atoms with Gasteiger partial charge in [0.1, 0.15) is 0 Å². The SMILES string of the molecule is CN(C)CCN1CCN(C(=O)Nc2ccc(N(C)C)cc2)CC1. The average molecular weight is 319 g/mol. The summed E-state index contributed by atoms with van der Waals surface area (Å²) in [7, 11) is 8.18. The zero-order valence-electron chi connectivity index (χ0n) is 14.7. The summed E-state index contributed by atoms with van der Waals surface area (Å²) in [5.74, 6) is 0. The Morgan fingerprint density at radius 2 is 1.65 bits per heavy atom. The van der Waals surface area contributed by atoms with Crippen molar-refractivity contribution in [3.8, 4) is 0 Å². The molecule has 0 aliphatic carbocycles. The number of amides is 2. The number of carbonyl (C=O) groups is 1. The third-order valence-electron chi connectivity index (χ3n) is 4.16. The lowest BCUT2D eigenvalue weighted by molar-refractivity contribution is 0.140. The smallest absolute Gasteiger partial charge is 0.321 e. The molecule has 0 unspecified atom stereocenters. The standard InChI is InChI=1S/C17H29N5O/c1-19(2)9-10-21-11-13-22(14-12-21)17(23)18-15-5-7-16(8-6-15)20(3)4/h5-8H,9-14H2,1-4H3,(H,18,23). The molecule has 128 valence electrons. The predicted octanol–water partition coefficient (Wildman–Crippen LogP) is 1.46. The molecule has 1 heterocycles. The second kappa shape index (κ2) is 8.17. The van der Waals surface area contributed by atoms with Gasteiger partial charge in [0.2, 0.25) is 0 Å². The summed E-state index contributed by atoms with van der Waals surface area (Å²) in [6.45, 7) is 5.59. The zero-order valence-corrected chi connectivity index (χ0v) is 14.7. The van der Waals surface area contributed by atoms with Gasteiger partial charge in [-0.05, 0) is 38.4 Å². The molecule has 2 amide bonds. The fourth-order valence-electron chi connectivity index (χ4n) is 2.56. The monoisotopic (exact) mass is 319 g/mol. The molecular formula is C17H29N5O. The maximum absolute atomic E-state index is 12.3. The van der Waals surface area contributed by atoms with Gasteiger partial charge in [0.05, 0.1) is 0 Å². The van der Waals surface area contributed by atoms with E-state index in [9.17, 15) is 4.79 Å². The van der Waals surface area contributed by atoms with E-state index in [0.717, 1.165) is 50.6 Å². The lowest BCUT2D eigenvalue weighted by Crippen LogP contribution is -2.51. The van der Waals surface area contributed by atoms with Crippen molar-refractivity contribution in [3.05, 3.63) is 24.3 Å². The van der Waals surface area contributed by atoms with Gasteiger partial charge in [-0.15, -0.1) is 0 Å². The number of hydrogen-bond acceptors (Lipinski definition) is 4. The van der Waals surface area contributed by atoms with Crippen molar-refractivity contribution >= 4 is 17.4 Å². The first-order valence-electron chi connectivity index (χ1n) is 8.16. The minimum atomic E-state index is -0.00476. The Labute approximate surface area is 139 Å². The van der Waals surface area contributed by atoms with Gasteiger partial charge in [-0.1, -0.05) is 0 Å². The van der Waals surface area contributed by atoms with Crippen LogP contribution in [0.5, 0.6) is 0 Å². The van der Waals surface area contributed by atoms with E-state index in [0.29, 0.717) is 0 Å². The first kappa shape index (κ1) is 17.6. The molecule has 2 rings (SSSR count). The Kier molecular flexibility index (Phi) is 6.24. The minimum Gasteiger partial charge on any atom is -0.378 e. The van der Waals surface area contributed by atoms with Crippen LogP contribution >= 0.6 is 0 Å². The number of piperazine rings is 1. The van der Waals surface area contributed by atoms with Gasteiger partial charge in [0, 0.05) is 64.7 Å². The Hall–Kier alpha value is -1.79. The minimum absolute atomic E-state index is 0.00476. The molecular weight excluding hydrogens is 290 g/mol. The number of benzene rings is 1. The first-order chi connectivity index (χ1) is 11.0. The van der Waals surface area contributed by atoms with Crippen LogP contribution in [-0.2, 0) is 0 Å². The molecule has 1 saturated heterocycles. The van der Waals surface area contributed by atoms with Crippen LogP contribution in [0.4, 0.5) is 16.2 Å². The van der Waals surface area contributed by atoms with E-state index in [2.05, 4.69) is 29.2 Å². The first-order valence-corrected chi connectivity index (χ1v) is 8.16. The third kappa shape index (κ3) is 5.41. The highest BCUT2D eigenvalue weighted by atomic mass is 16.2. The maximum atomic E-state index is 12.3. The van der Waals surface area contributed by atoms with Gasteiger partial charge >= 0.3 is 6.03 Å². The number of urea groups is 1. The van der Waals surface area contributed by atoms with Gasteiger partial charge in [-0.25, -0.2) is 4.79 Å². The predicted molar refractivity (Wildman–Crippen MR) is 96.4 cm³/mol. The van der Waals surface area contributed by atoms with E-state index in [1.807, 2.05) is 48.2 Å². The highest BCUT2D eigenvalue weighted by Gasteiger charge is 2.20. The van der Waals surface area contributed by atoms with E-state index in [4.69, 9.17) is 0 Å². The van der Waals surface area contributed by atoms with Crippen LogP contribution in [0.2, 0.25) is 0 Å². The van der Waals surface area contributed by atoms with Gasteiger partial charge in [0.15, 0.2) is 0 Å². The highest BCUT2D eigenvalue weighted by molar-refractivity contribution is 5.89. The van der Waals surface area contributed by atoms with Crippen molar-refractivity contribution in [1.29, 1.82) is 0 Å². The highest BCUT2D eigenvalue weighted by Crippen LogP contribution is 2.16. The lowest BCUT2D eigenvalue weighted by Gasteiger charge is -2.35. The summed E-state index contributed by atoms with van der Waals surface area (Å²) in [6.07, 6.45) is 0. The molecule has 1 aliphatic heterocycles. The summed E-state index contributed by atoms with van der Waals surface area (Å²) in [6, 6.07) is 7.90. The zero-order chi connectivity index (χ0) is 16.8. The van der Waals surface area contributed by atoms with Crippen LogP contribution in [0, 0.1) is 0 Å². The van der Waals surface area contributed by atoms with Crippen LogP contribution in [0.1, 0.15) is 0 Å². The van der Waals surface area contributed by atoms with E-state index in [1.54, 1.807) is 0 Å². The van der Waals surface area contributed by atoms with E-state index in [1.165, 1.54) is 0 Å². The number of likely N-dealkylation sites (N-methyl/N-ethyl adjacent to an activating group) is 1. The summed E-state index contributed by atoms with van der Waals surface area (Å²) in [4.78, 5) is 20.9. The summed E-state index contributed by atoms with van der Waals surface area (Å²) in [5, 5.41) is 2.98. The van der Waals surface area contributed by atoms with Crippen LogP contribution in [0.15, 0.2) is 24.3 Å². The van der Waals surface area contributed by atoms with Crippen molar-refractivity contribution in [3.63, 3.8) is 0 Å². The van der Waals surface area contributed by atoms with Crippen molar-refractivity contribution in [2.24, 2.45) is 0 Å². The number of anilines is 2. The summed E-state index contributed by atoms with van der Waals surface area (Å²) < 4.78 is 0. The van der Waals surface area contributed by atoms with Crippen molar-refractivity contribution < 1.29 is 4.79 Å². The molecule has 6 heteroatoms. The van der Waals surface area contributed by atoms with Crippen LogP contribution in [-0.4, -0.2) is 88.2 Å². The molecule has 0 bridgehead atoms. The van der Waals surface area contributed by atoms with Crippen LogP contribution in [0.3, 0.4) is 0 Å². The Morgan fingerprint density at radius 3 is 2.17 bits per heavy atom. The molecule has 0 spiro atoms. The van der Waals surface area contributed by atoms with Gasteiger partial charge < -0.3 is 20.0 Å². The van der Waals surface area contributed by atoms with Crippen molar-refractivity contribution in [1.82, 2.24) is 14.7 Å². The molecule has 1 N–H and O–H groups in total. The molecule has 1 aliphatic rings. The second-order valence-corrected chi connectivity index (χ2v) is 6.50. The Morgan fingerprint density at radius 1 is 1.04 bits per heavy atom. The van der Waals surface area contributed by atoms with Crippen molar-refractivity contribution in [2.45, 2.75) is 0 Å². The van der Waals surface area contributed by atoms with E-state index >= 15 is 0 Å². The van der Waals surface area contributed by atoms with E-state index < -0.39 is 0 Å². The van der Waals surface area contributed by atoms with Gasteiger partial charge in [0.25, 0.3) is 0 Å².